The third-order valence-corrected chi connectivity index (χ3v) is 12.3. The highest BCUT2D eigenvalue weighted by Crippen LogP contribution is 2.51. The average molecular weight is 753 g/mol. The molecule has 9 aromatic carbocycles. The summed E-state index contributed by atoms with van der Waals surface area (Å²) in [6, 6.07) is 74.3. The Morgan fingerprint density at radius 1 is 0.305 bits per heavy atom. The molecule has 1 heterocycles. The van der Waals surface area contributed by atoms with E-state index in [-0.39, 0.29) is 5.41 Å². The van der Waals surface area contributed by atoms with E-state index in [1.165, 1.54) is 71.8 Å². The number of benzene rings is 9. The Kier molecular flexibility index (Phi) is 8.20. The van der Waals surface area contributed by atoms with Crippen molar-refractivity contribution in [3.8, 4) is 78.4 Å². The number of fused-ring (bicyclic) bond motifs is 5. The summed E-state index contributed by atoms with van der Waals surface area (Å²) in [7, 11) is 0. The second-order valence-electron chi connectivity index (χ2n) is 16.2. The van der Waals surface area contributed by atoms with Gasteiger partial charge in [-0.25, -0.2) is 9.97 Å². The fourth-order valence-corrected chi connectivity index (χ4v) is 9.15. The molecule has 59 heavy (non-hydrogen) atoms. The van der Waals surface area contributed by atoms with E-state index in [9.17, 15) is 0 Å². The van der Waals surface area contributed by atoms with Crippen molar-refractivity contribution < 1.29 is 0 Å². The van der Waals surface area contributed by atoms with Crippen LogP contribution in [-0.4, -0.2) is 9.97 Å². The van der Waals surface area contributed by atoms with E-state index in [1.54, 1.807) is 0 Å². The molecule has 0 saturated carbocycles. The maximum atomic E-state index is 5.27. The molecule has 278 valence electrons. The number of nitrogens with zero attached hydrogens (tertiary/aromatic N) is 2. The second kappa shape index (κ2) is 13.9. The van der Waals surface area contributed by atoms with Crippen LogP contribution in [0.15, 0.2) is 206 Å². The lowest BCUT2D eigenvalue weighted by Gasteiger charge is -2.22. The maximum absolute atomic E-state index is 5.27. The molecule has 0 unspecified atom stereocenters. The molecule has 1 aliphatic rings. The van der Waals surface area contributed by atoms with E-state index in [4.69, 9.17) is 9.97 Å². The van der Waals surface area contributed by atoms with Crippen molar-refractivity contribution >= 4 is 21.5 Å². The van der Waals surface area contributed by atoms with Crippen LogP contribution in [-0.2, 0) is 5.41 Å². The van der Waals surface area contributed by atoms with Crippen molar-refractivity contribution in [1.82, 2.24) is 9.97 Å². The van der Waals surface area contributed by atoms with Gasteiger partial charge in [-0.3, -0.25) is 0 Å². The molecule has 2 nitrogen and oxygen atoms in total. The molecule has 2 heteroatoms. The van der Waals surface area contributed by atoms with Crippen molar-refractivity contribution in [2.75, 3.05) is 0 Å². The predicted molar refractivity (Wildman–Crippen MR) is 247 cm³/mol. The van der Waals surface area contributed by atoms with Gasteiger partial charge in [-0.15, -0.1) is 0 Å². The fraction of sp³-hybridized carbons (Fsp3) is 0.0526. The average Bonchev–Trinajstić information content (AvgIpc) is 3.52. The Balaban J connectivity index is 0.989. The number of hydrogen-bond donors (Lipinski definition) is 0. The summed E-state index contributed by atoms with van der Waals surface area (Å²) in [6.07, 6.45) is 0. The largest absolute Gasteiger partial charge is 0.228 e. The molecule has 0 saturated heterocycles. The highest BCUT2D eigenvalue weighted by molar-refractivity contribution is 6.05. The van der Waals surface area contributed by atoms with Gasteiger partial charge in [0, 0.05) is 22.1 Å². The van der Waals surface area contributed by atoms with Gasteiger partial charge in [-0.1, -0.05) is 184 Å². The first kappa shape index (κ1) is 34.8. The van der Waals surface area contributed by atoms with Gasteiger partial charge in [0.2, 0.25) is 0 Å². The quantitative estimate of drug-likeness (QED) is 0.169. The molecular formula is C57H40N2. The van der Waals surface area contributed by atoms with Gasteiger partial charge in [0.15, 0.2) is 5.82 Å². The smallest absolute Gasteiger partial charge is 0.161 e. The van der Waals surface area contributed by atoms with Crippen LogP contribution in [0.3, 0.4) is 0 Å². The Morgan fingerprint density at radius 2 is 0.780 bits per heavy atom. The number of aromatic nitrogens is 2. The fourth-order valence-electron chi connectivity index (χ4n) is 9.15. The van der Waals surface area contributed by atoms with E-state index in [2.05, 4.69) is 214 Å². The minimum atomic E-state index is -0.0975. The van der Waals surface area contributed by atoms with Gasteiger partial charge in [-0.2, -0.15) is 0 Å². The minimum Gasteiger partial charge on any atom is -0.228 e. The predicted octanol–water partition coefficient (Wildman–Crippen LogP) is 15.1. The monoisotopic (exact) mass is 752 g/mol. The summed E-state index contributed by atoms with van der Waals surface area (Å²) >= 11 is 0. The van der Waals surface area contributed by atoms with Gasteiger partial charge >= 0.3 is 0 Å². The first-order chi connectivity index (χ1) is 29.0. The number of rotatable bonds is 6. The zero-order valence-electron chi connectivity index (χ0n) is 33.0. The maximum Gasteiger partial charge on any atom is 0.161 e. The van der Waals surface area contributed by atoms with Gasteiger partial charge in [0.05, 0.1) is 11.4 Å². The van der Waals surface area contributed by atoms with Crippen LogP contribution in [0.25, 0.3) is 100.0 Å². The lowest BCUT2D eigenvalue weighted by molar-refractivity contribution is 0.661. The summed E-state index contributed by atoms with van der Waals surface area (Å²) in [5.41, 5.74) is 17.4. The van der Waals surface area contributed by atoms with Crippen molar-refractivity contribution in [2.45, 2.75) is 19.3 Å². The van der Waals surface area contributed by atoms with Crippen LogP contribution in [0.5, 0.6) is 0 Å². The molecule has 0 spiro atoms. The Hall–Kier alpha value is -7.42. The molecule has 0 bridgehead atoms. The van der Waals surface area contributed by atoms with Crippen molar-refractivity contribution in [1.29, 1.82) is 0 Å². The summed E-state index contributed by atoms with van der Waals surface area (Å²) in [4.78, 5) is 10.5. The second-order valence-corrected chi connectivity index (χ2v) is 16.2. The molecular weight excluding hydrogens is 713 g/mol. The molecule has 11 rings (SSSR count). The SMILES string of the molecule is CC1(C)c2cc(-c3cccc(-c4ccc(-c5nc(-c6ccccc6)cc(-c6ccc(-c7ccccc7)cc6)n5)c5ccccc45)c3)ccc2-c2cc3ccccc3cc21. The minimum absolute atomic E-state index is 0.0975. The molecule has 0 aliphatic heterocycles. The van der Waals surface area contributed by atoms with Crippen LogP contribution in [0.2, 0.25) is 0 Å². The zero-order valence-corrected chi connectivity index (χ0v) is 33.0. The Morgan fingerprint density at radius 3 is 1.51 bits per heavy atom. The summed E-state index contributed by atoms with van der Waals surface area (Å²) in [6.45, 7) is 4.73. The summed E-state index contributed by atoms with van der Waals surface area (Å²) in [5.74, 6) is 0.708. The zero-order chi connectivity index (χ0) is 39.5. The summed E-state index contributed by atoms with van der Waals surface area (Å²) in [5, 5.41) is 4.87. The number of hydrogen-bond acceptors (Lipinski definition) is 2. The molecule has 10 aromatic rings. The molecule has 0 atom stereocenters. The molecule has 0 amide bonds. The van der Waals surface area contributed by atoms with Crippen molar-refractivity contribution in [2.24, 2.45) is 0 Å². The Bertz CT molecular complexity index is 3220. The highest BCUT2D eigenvalue weighted by Gasteiger charge is 2.36. The molecule has 1 aliphatic carbocycles. The van der Waals surface area contributed by atoms with E-state index in [0.717, 1.165) is 33.5 Å². The van der Waals surface area contributed by atoms with Gasteiger partial charge in [0.25, 0.3) is 0 Å². The van der Waals surface area contributed by atoms with Gasteiger partial charge in [0.1, 0.15) is 0 Å². The first-order valence-corrected chi connectivity index (χ1v) is 20.4. The Labute approximate surface area is 345 Å². The molecule has 0 N–H and O–H groups in total. The van der Waals surface area contributed by atoms with Crippen LogP contribution in [0.4, 0.5) is 0 Å². The van der Waals surface area contributed by atoms with Crippen LogP contribution < -0.4 is 0 Å². The lowest BCUT2D eigenvalue weighted by atomic mass is 9.81. The van der Waals surface area contributed by atoms with Crippen LogP contribution >= 0.6 is 0 Å². The topological polar surface area (TPSA) is 25.8 Å². The normalized spacial score (nSPS) is 12.7. The molecule has 1 aromatic heterocycles. The highest BCUT2D eigenvalue weighted by atomic mass is 14.9. The third-order valence-electron chi connectivity index (χ3n) is 12.3. The van der Waals surface area contributed by atoms with Gasteiger partial charge < -0.3 is 0 Å². The molecule has 0 radical (unpaired) electrons. The third kappa shape index (κ3) is 6.04. The standard InChI is InChI=1S/C57H40N2/c1-57(2)52-35-44(28-29-49(52)51-33-42-18-9-10-19-43(42)34-53(51)57)41-20-13-21-45(32-41)46-30-31-50(48-23-12-11-22-47(46)48)56-58-54(39-16-7-4-8-17-39)36-55(59-56)40-26-24-38(25-27-40)37-14-5-3-6-15-37/h3-36H,1-2H3. The van der Waals surface area contributed by atoms with Crippen LogP contribution in [0, 0.1) is 0 Å². The first-order valence-electron chi connectivity index (χ1n) is 20.4. The van der Waals surface area contributed by atoms with E-state index in [0.29, 0.717) is 5.82 Å². The van der Waals surface area contributed by atoms with Gasteiger partial charge in [-0.05, 0) is 114 Å². The van der Waals surface area contributed by atoms with E-state index < -0.39 is 0 Å². The lowest BCUT2D eigenvalue weighted by Crippen LogP contribution is -2.15. The van der Waals surface area contributed by atoms with E-state index in [1.807, 2.05) is 6.07 Å². The van der Waals surface area contributed by atoms with Crippen LogP contribution in [0.1, 0.15) is 25.0 Å². The van der Waals surface area contributed by atoms with E-state index >= 15 is 0 Å². The summed E-state index contributed by atoms with van der Waals surface area (Å²) < 4.78 is 0. The van der Waals surface area contributed by atoms with Crippen molar-refractivity contribution in [3.63, 3.8) is 0 Å². The van der Waals surface area contributed by atoms with Crippen molar-refractivity contribution in [3.05, 3.63) is 217 Å². The molecule has 0 fully saturated rings.